The van der Waals surface area contributed by atoms with Gasteiger partial charge in [0.25, 0.3) is 0 Å². The average Bonchev–Trinajstić information content (AvgIpc) is 2.38. The van der Waals surface area contributed by atoms with Crippen LogP contribution in [0.1, 0.15) is 19.5 Å². The molecule has 0 spiro atoms. The van der Waals surface area contributed by atoms with E-state index in [0.717, 1.165) is 11.3 Å². The molecule has 100 valence electrons. The number of pyridine rings is 1. The molecule has 0 atom stereocenters. The van der Waals surface area contributed by atoms with E-state index >= 15 is 0 Å². The minimum absolute atomic E-state index is 0.0103. The molecule has 19 heavy (non-hydrogen) atoms. The number of aryl methyl sites for hydroxylation is 1. The third kappa shape index (κ3) is 3.37. The third-order valence-corrected chi connectivity index (χ3v) is 2.35. The molecule has 2 rings (SSSR count). The van der Waals surface area contributed by atoms with Crippen LogP contribution in [0.4, 0.5) is 5.95 Å². The van der Waals surface area contributed by atoms with Crippen molar-refractivity contribution >= 4 is 5.95 Å². The Morgan fingerprint density at radius 3 is 2.53 bits per heavy atom. The molecule has 0 aliphatic rings. The molecule has 0 saturated carbocycles. The maximum Gasteiger partial charge on any atom is 0.322 e. The van der Waals surface area contributed by atoms with Gasteiger partial charge in [0.05, 0.1) is 6.10 Å². The summed E-state index contributed by atoms with van der Waals surface area (Å²) in [5, 5.41) is 2.90. The molecule has 0 amide bonds. The topological polar surface area (TPSA) is 72.8 Å². The van der Waals surface area contributed by atoms with Gasteiger partial charge in [0.2, 0.25) is 5.95 Å². The molecule has 6 nitrogen and oxygen atoms in total. The zero-order chi connectivity index (χ0) is 13.8. The van der Waals surface area contributed by atoms with Crippen molar-refractivity contribution < 1.29 is 4.74 Å². The smallest absolute Gasteiger partial charge is 0.322 e. The monoisotopic (exact) mass is 259 g/mol. The molecule has 0 aliphatic carbocycles. The van der Waals surface area contributed by atoms with E-state index in [0.29, 0.717) is 17.8 Å². The fourth-order valence-corrected chi connectivity index (χ4v) is 1.46. The first-order valence-corrected chi connectivity index (χ1v) is 6.12. The molecule has 0 aliphatic heterocycles. The number of anilines is 1. The summed E-state index contributed by atoms with van der Waals surface area (Å²) in [4.78, 5) is 17.0. The van der Waals surface area contributed by atoms with Crippen LogP contribution in [0.3, 0.4) is 0 Å². The van der Waals surface area contributed by atoms with E-state index in [1.165, 1.54) is 0 Å². The highest BCUT2D eigenvalue weighted by Crippen LogP contribution is 2.18. The Kier molecular flexibility index (Phi) is 3.89. The number of aromatic nitrogens is 4. The molecule has 2 heterocycles. The van der Waals surface area contributed by atoms with Crippen LogP contribution in [-0.4, -0.2) is 33.1 Å². The maximum atomic E-state index is 5.52. The predicted molar refractivity (Wildman–Crippen MR) is 73.1 cm³/mol. The lowest BCUT2D eigenvalue weighted by molar-refractivity contribution is 0.222. The summed E-state index contributed by atoms with van der Waals surface area (Å²) in [7, 11) is 1.76. The molecule has 2 aromatic heterocycles. The predicted octanol–water partition coefficient (Wildman–Crippen LogP) is 2.07. The normalized spacial score (nSPS) is 10.6. The van der Waals surface area contributed by atoms with Crippen LogP contribution < -0.4 is 10.1 Å². The number of hydrogen-bond acceptors (Lipinski definition) is 6. The second kappa shape index (κ2) is 5.60. The van der Waals surface area contributed by atoms with E-state index in [9.17, 15) is 0 Å². The molecule has 0 radical (unpaired) electrons. The highest BCUT2D eigenvalue weighted by molar-refractivity contribution is 5.55. The summed E-state index contributed by atoms with van der Waals surface area (Å²) in [6.07, 6.45) is 1.75. The van der Waals surface area contributed by atoms with Crippen molar-refractivity contribution in [3.8, 4) is 17.4 Å². The van der Waals surface area contributed by atoms with Crippen molar-refractivity contribution in [3.05, 3.63) is 24.0 Å². The summed E-state index contributed by atoms with van der Waals surface area (Å²) in [5.74, 6) is 1.02. The van der Waals surface area contributed by atoms with E-state index in [1.54, 1.807) is 13.2 Å². The Morgan fingerprint density at radius 2 is 1.95 bits per heavy atom. The minimum atomic E-state index is 0.0103. The van der Waals surface area contributed by atoms with E-state index in [1.807, 2.05) is 32.9 Å². The Balaban J connectivity index is 2.41. The van der Waals surface area contributed by atoms with Gasteiger partial charge in [-0.2, -0.15) is 15.0 Å². The molecule has 1 N–H and O–H groups in total. The largest absolute Gasteiger partial charge is 0.461 e. The van der Waals surface area contributed by atoms with Gasteiger partial charge in [-0.3, -0.25) is 4.98 Å². The number of hydrogen-bond donors (Lipinski definition) is 1. The number of rotatable bonds is 4. The van der Waals surface area contributed by atoms with E-state index in [4.69, 9.17) is 4.74 Å². The van der Waals surface area contributed by atoms with Crippen LogP contribution in [-0.2, 0) is 0 Å². The van der Waals surface area contributed by atoms with Crippen LogP contribution in [0, 0.1) is 6.92 Å². The van der Waals surface area contributed by atoms with E-state index in [2.05, 4.69) is 25.3 Å². The standard InChI is InChI=1S/C13H17N5O/c1-8(2)19-13-17-11(16-12(14-4)18-13)10-6-5-9(3)15-7-10/h5-8H,1-4H3,(H,14,16,17,18). The van der Waals surface area contributed by atoms with Crippen LogP contribution in [0.2, 0.25) is 0 Å². The van der Waals surface area contributed by atoms with Crippen molar-refractivity contribution in [1.82, 2.24) is 19.9 Å². The lowest BCUT2D eigenvalue weighted by Crippen LogP contribution is -2.11. The number of nitrogens with one attached hydrogen (secondary N) is 1. The van der Waals surface area contributed by atoms with Crippen molar-refractivity contribution in [2.45, 2.75) is 26.9 Å². The first-order chi connectivity index (χ1) is 9.08. The second-order valence-corrected chi connectivity index (χ2v) is 4.37. The zero-order valence-electron chi connectivity index (χ0n) is 11.5. The Morgan fingerprint density at radius 1 is 1.16 bits per heavy atom. The summed E-state index contributed by atoms with van der Waals surface area (Å²) >= 11 is 0. The molecule has 0 bridgehead atoms. The van der Waals surface area contributed by atoms with Gasteiger partial charge in [0, 0.05) is 24.5 Å². The molecular formula is C13H17N5O. The number of nitrogens with zero attached hydrogens (tertiary/aromatic N) is 4. The van der Waals surface area contributed by atoms with Crippen molar-refractivity contribution in [3.63, 3.8) is 0 Å². The maximum absolute atomic E-state index is 5.52. The molecule has 6 heteroatoms. The molecular weight excluding hydrogens is 242 g/mol. The highest BCUT2D eigenvalue weighted by atomic mass is 16.5. The van der Waals surface area contributed by atoms with Gasteiger partial charge in [-0.25, -0.2) is 0 Å². The van der Waals surface area contributed by atoms with Gasteiger partial charge in [-0.15, -0.1) is 0 Å². The zero-order valence-corrected chi connectivity index (χ0v) is 11.5. The summed E-state index contributed by atoms with van der Waals surface area (Å²) in [6, 6.07) is 4.15. The fourth-order valence-electron chi connectivity index (χ4n) is 1.46. The van der Waals surface area contributed by atoms with Gasteiger partial charge in [-0.1, -0.05) is 0 Å². The summed E-state index contributed by atoms with van der Waals surface area (Å²) < 4.78 is 5.52. The second-order valence-electron chi connectivity index (χ2n) is 4.37. The van der Waals surface area contributed by atoms with Crippen LogP contribution >= 0.6 is 0 Å². The Hall–Kier alpha value is -2.24. The van der Waals surface area contributed by atoms with Gasteiger partial charge in [-0.05, 0) is 32.9 Å². The van der Waals surface area contributed by atoms with Gasteiger partial charge < -0.3 is 10.1 Å². The number of ether oxygens (including phenoxy) is 1. The van der Waals surface area contributed by atoms with E-state index < -0.39 is 0 Å². The summed E-state index contributed by atoms with van der Waals surface area (Å²) in [6.45, 7) is 5.79. The fraction of sp³-hybridized carbons (Fsp3) is 0.385. The lowest BCUT2D eigenvalue weighted by atomic mass is 10.2. The lowest BCUT2D eigenvalue weighted by Gasteiger charge is -2.10. The Labute approximate surface area is 112 Å². The third-order valence-electron chi connectivity index (χ3n) is 2.35. The molecule has 0 unspecified atom stereocenters. The van der Waals surface area contributed by atoms with Crippen molar-refractivity contribution in [2.24, 2.45) is 0 Å². The van der Waals surface area contributed by atoms with E-state index in [-0.39, 0.29) is 6.10 Å². The quantitative estimate of drug-likeness (QED) is 0.906. The van der Waals surface area contributed by atoms with Gasteiger partial charge in [0.15, 0.2) is 5.82 Å². The van der Waals surface area contributed by atoms with Crippen LogP contribution in [0.25, 0.3) is 11.4 Å². The van der Waals surface area contributed by atoms with Crippen molar-refractivity contribution in [1.29, 1.82) is 0 Å². The first-order valence-electron chi connectivity index (χ1n) is 6.12. The van der Waals surface area contributed by atoms with Crippen LogP contribution in [0.15, 0.2) is 18.3 Å². The SMILES string of the molecule is CNc1nc(OC(C)C)nc(-c2ccc(C)nc2)n1. The van der Waals surface area contributed by atoms with Crippen LogP contribution in [0.5, 0.6) is 6.01 Å². The molecule has 2 aromatic rings. The first kappa shape index (κ1) is 13.2. The summed E-state index contributed by atoms with van der Waals surface area (Å²) in [5.41, 5.74) is 1.78. The molecule has 0 saturated heterocycles. The minimum Gasteiger partial charge on any atom is -0.461 e. The highest BCUT2D eigenvalue weighted by Gasteiger charge is 2.10. The average molecular weight is 259 g/mol. The van der Waals surface area contributed by atoms with Gasteiger partial charge >= 0.3 is 6.01 Å². The molecule has 0 aromatic carbocycles. The Bertz CT molecular complexity index is 553. The molecule has 0 fully saturated rings. The van der Waals surface area contributed by atoms with Gasteiger partial charge in [0.1, 0.15) is 0 Å². The van der Waals surface area contributed by atoms with Crippen molar-refractivity contribution in [2.75, 3.05) is 12.4 Å².